The van der Waals surface area contributed by atoms with Crippen molar-refractivity contribution < 1.29 is 0 Å². The molecule has 0 aliphatic heterocycles. The van der Waals surface area contributed by atoms with E-state index in [1.54, 1.807) is 0 Å². The maximum atomic E-state index is 5.90. The summed E-state index contributed by atoms with van der Waals surface area (Å²) in [5.74, 6) is 0.596. The van der Waals surface area contributed by atoms with Gasteiger partial charge < -0.3 is 0 Å². The molecule has 0 aromatic carbocycles. The summed E-state index contributed by atoms with van der Waals surface area (Å²) in [4.78, 5) is 2.26. The molecule has 0 saturated heterocycles. The van der Waals surface area contributed by atoms with Gasteiger partial charge in [0.15, 0.2) is 0 Å². The van der Waals surface area contributed by atoms with Crippen LogP contribution in [0.3, 0.4) is 0 Å². The Morgan fingerprint density at radius 2 is 1.60 bits per heavy atom. The summed E-state index contributed by atoms with van der Waals surface area (Å²) in [6.07, 6.45) is 2.04. The van der Waals surface area contributed by atoms with Crippen molar-refractivity contribution >= 4 is 23.2 Å². The fourth-order valence-electron chi connectivity index (χ4n) is 2.04. The summed E-state index contributed by atoms with van der Waals surface area (Å²) >= 11 is 11.8. The molecule has 0 amide bonds. The van der Waals surface area contributed by atoms with E-state index >= 15 is 0 Å². The molecule has 15 heavy (non-hydrogen) atoms. The Morgan fingerprint density at radius 3 is 1.87 bits per heavy atom. The van der Waals surface area contributed by atoms with E-state index < -0.39 is 0 Å². The first kappa shape index (κ1) is 15.5. The molecule has 0 N–H and O–H groups in total. The van der Waals surface area contributed by atoms with Crippen LogP contribution in [0, 0.1) is 5.92 Å². The lowest BCUT2D eigenvalue weighted by molar-refractivity contribution is 0.113. The first-order valence-electron chi connectivity index (χ1n) is 5.94. The van der Waals surface area contributed by atoms with Crippen molar-refractivity contribution in [2.45, 2.75) is 64.4 Å². The maximum Gasteiger partial charge on any atom is 0.109 e. The summed E-state index contributed by atoms with van der Waals surface area (Å²) in [5.41, 5.74) is 0. The summed E-state index contributed by atoms with van der Waals surface area (Å²) in [7, 11) is 0. The van der Waals surface area contributed by atoms with Crippen LogP contribution in [0.1, 0.15) is 47.5 Å². The molecule has 0 rings (SSSR count). The van der Waals surface area contributed by atoms with Gasteiger partial charge in [0.2, 0.25) is 0 Å². The van der Waals surface area contributed by atoms with Crippen LogP contribution in [0.4, 0.5) is 0 Å². The van der Waals surface area contributed by atoms with Crippen molar-refractivity contribution in [1.29, 1.82) is 0 Å². The highest BCUT2D eigenvalue weighted by atomic mass is 35.5. The average Bonchev–Trinajstić information content (AvgIpc) is 2.09. The largest absolute Gasteiger partial charge is 0.298 e. The molecule has 0 aliphatic carbocycles. The second kappa shape index (κ2) is 7.76. The molecular weight excluding hydrogens is 229 g/mol. The molecule has 0 unspecified atom stereocenters. The average molecular weight is 254 g/mol. The van der Waals surface area contributed by atoms with E-state index in [0.29, 0.717) is 18.0 Å². The number of nitrogens with zero attached hydrogens (tertiary/aromatic N) is 1. The van der Waals surface area contributed by atoms with Gasteiger partial charge in [-0.25, -0.2) is 0 Å². The van der Waals surface area contributed by atoms with Crippen molar-refractivity contribution in [3.8, 4) is 0 Å². The van der Waals surface area contributed by atoms with E-state index in [1.807, 2.05) is 0 Å². The predicted molar refractivity (Wildman–Crippen MR) is 70.9 cm³/mol. The van der Waals surface area contributed by atoms with Crippen LogP contribution in [0.15, 0.2) is 0 Å². The molecular formula is C12H25Cl2N. The van der Waals surface area contributed by atoms with Crippen molar-refractivity contribution in [3.63, 3.8) is 0 Å². The molecule has 1 atom stereocenters. The molecule has 0 radical (unpaired) electrons. The Kier molecular flexibility index (Phi) is 8.03. The normalized spacial score (nSPS) is 14.6. The lowest BCUT2D eigenvalue weighted by atomic mass is 9.98. The van der Waals surface area contributed by atoms with Crippen LogP contribution in [-0.2, 0) is 0 Å². The Balaban J connectivity index is 4.52. The molecule has 1 nitrogen and oxygen atoms in total. The van der Waals surface area contributed by atoms with Crippen molar-refractivity contribution in [3.05, 3.63) is 0 Å². The molecule has 0 bridgehead atoms. The monoisotopic (exact) mass is 253 g/mol. The van der Waals surface area contributed by atoms with Crippen molar-refractivity contribution in [2.75, 3.05) is 6.54 Å². The third kappa shape index (κ3) is 5.99. The van der Waals surface area contributed by atoms with Gasteiger partial charge in [-0.1, -0.05) is 20.8 Å². The standard InChI is InChI=1S/C12H25Cl2N/c1-6-7-15(10(4)5)11(9(2)3)8-12(13)14/h9-12H,6-8H2,1-5H3/t11-/m0/s1. The van der Waals surface area contributed by atoms with E-state index in [-0.39, 0.29) is 4.84 Å². The van der Waals surface area contributed by atoms with Crippen LogP contribution < -0.4 is 0 Å². The van der Waals surface area contributed by atoms with Crippen LogP contribution >= 0.6 is 23.2 Å². The second-order valence-corrected chi connectivity index (χ2v) is 6.05. The van der Waals surface area contributed by atoms with E-state index in [0.717, 1.165) is 13.0 Å². The zero-order valence-electron chi connectivity index (χ0n) is 10.6. The molecule has 3 heteroatoms. The van der Waals surface area contributed by atoms with Gasteiger partial charge in [0.25, 0.3) is 0 Å². The van der Waals surface area contributed by atoms with E-state index in [4.69, 9.17) is 23.2 Å². The summed E-state index contributed by atoms with van der Waals surface area (Å²) < 4.78 is 0. The Hall–Kier alpha value is 0.540. The minimum atomic E-state index is -0.254. The van der Waals surface area contributed by atoms with Gasteiger partial charge in [-0.3, -0.25) is 4.90 Å². The number of hydrogen-bond donors (Lipinski definition) is 0. The summed E-state index contributed by atoms with van der Waals surface area (Å²) in [5, 5.41) is 0. The van der Waals surface area contributed by atoms with Gasteiger partial charge in [-0.2, -0.15) is 0 Å². The smallest absolute Gasteiger partial charge is 0.109 e. The highest BCUT2D eigenvalue weighted by Crippen LogP contribution is 2.23. The van der Waals surface area contributed by atoms with Gasteiger partial charge in [0.05, 0.1) is 0 Å². The minimum absolute atomic E-state index is 0.254. The van der Waals surface area contributed by atoms with Crippen LogP contribution in [0.25, 0.3) is 0 Å². The highest BCUT2D eigenvalue weighted by molar-refractivity contribution is 6.44. The summed E-state index contributed by atoms with van der Waals surface area (Å²) in [6.45, 7) is 12.3. The summed E-state index contributed by atoms with van der Waals surface area (Å²) in [6, 6.07) is 1.05. The number of hydrogen-bond acceptors (Lipinski definition) is 1. The molecule has 0 fully saturated rings. The SMILES string of the molecule is CCCN(C(C)C)[C@@H](CC(Cl)Cl)C(C)C. The lowest BCUT2D eigenvalue weighted by Crippen LogP contribution is -2.44. The van der Waals surface area contributed by atoms with E-state index in [1.165, 1.54) is 6.42 Å². The van der Waals surface area contributed by atoms with Gasteiger partial charge >= 0.3 is 0 Å². The number of rotatable bonds is 7. The molecule has 0 saturated carbocycles. The number of halogens is 2. The minimum Gasteiger partial charge on any atom is -0.298 e. The zero-order chi connectivity index (χ0) is 12.0. The predicted octanol–water partition coefficient (Wildman–Crippen LogP) is 4.33. The van der Waals surface area contributed by atoms with Gasteiger partial charge in [-0.15, -0.1) is 23.2 Å². The van der Waals surface area contributed by atoms with E-state index in [2.05, 4.69) is 39.5 Å². The molecule has 0 aliphatic rings. The van der Waals surface area contributed by atoms with Crippen LogP contribution in [0.2, 0.25) is 0 Å². The van der Waals surface area contributed by atoms with Gasteiger partial charge in [-0.05, 0) is 39.2 Å². The Bertz CT molecular complexity index is 158. The van der Waals surface area contributed by atoms with E-state index in [9.17, 15) is 0 Å². The molecule has 0 aromatic heterocycles. The third-order valence-electron chi connectivity index (χ3n) is 2.76. The molecule has 0 aromatic rings. The maximum absolute atomic E-state index is 5.90. The third-order valence-corrected chi connectivity index (χ3v) is 3.12. The first-order valence-corrected chi connectivity index (χ1v) is 6.81. The Morgan fingerprint density at radius 1 is 1.07 bits per heavy atom. The fourth-order valence-corrected chi connectivity index (χ4v) is 2.40. The van der Waals surface area contributed by atoms with Gasteiger partial charge in [0.1, 0.15) is 4.84 Å². The van der Waals surface area contributed by atoms with Crippen LogP contribution in [0.5, 0.6) is 0 Å². The quantitative estimate of drug-likeness (QED) is 0.611. The molecule has 92 valence electrons. The first-order chi connectivity index (χ1) is 6.90. The zero-order valence-corrected chi connectivity index (χ0v) is 12.1. The Labute approximate surface area is 105 Å². The molecule has 0 heterocycles. The highest BCUT2D eigenvalue weighted by Gasteiger charge is 2.25. The van der Waals surface area contributed by atoms with Crippen LogP contribution in [-0.4, -0.2) is 28.4 Å². The lowest BCUT2D eigenvalue weighted by Gasteiger charge is -2.37. The topological polar surface area (TPSA) is 3.24 Å². The van der Waals surface area contributed by atoms with Crippen molar-refractivity contribution in [2.24, 2.45) is 5.92 Å². The van der Waals surface area contributed by atoms with Gasteiger partial charge in [0, 0.05) is 12.1 Å². The number of alkyl halides is 2. The van der Waals surface area contributed by atoms with Crippen molar-refractivity contribution in [1.82, 2.24) is 4.90 Å². The molecule has 0 spiro atoms. The fraction of sp³-hybridized carbons (Fsp3) is 1.00. The second-order valence-electron chi connectivity index (χ2n) is 4.77.